The van der Waals surface area contributed by atoms with Gasteiger partial charge in [-0.05, 0) is 38.5 Å². The van der Waals surface area contributed by atoms with Gasteiger partial charge in [0.2, 0.25) is 11.7 Å². The Balaban J connectivity index is 1.62. The van der Waals surface area contributed by atoms with Crippen LogP contribution in [0.4, 0.5) is 0 Å². The van der Waals surface area contributed by atoms with Gasteiger partial charge in [-0.15, -0.1) is 11.3 Å². The van der Waals surface area contributed by atoms with Crippen molar-refractivity contribution in [2.75, 3.05) is 0 Å². The zero-order valence-electron chi connectivity index (χ0n) is 15.5. The Morgan fingerprint density at radius 2 is 2.11 bits per heavy atom. The van der Waals surface area contributed by atoms with Crippen molar-refractivity contribution in [1.82, 2.24) is 19.7 Å². The van der Waals surface area contributed by atoms with Crippen LogP contribution in [0, 0.1) is 13.8 Å². The summed E-state index contributed by atoms with van der Waals surface area (Å²) in [7, 11) is 0. The molecule has 28 heavy (non-hydrogen) atoms. The molecule has 0 aliphatic rings. The van der Waals surface area contributed by atoms with E-state index < -0.39 is 0 Å². The van der Waals surface area contributed by atoms with Crippen molar-refractivity contribution in [3.63, 3.8) is 0 Å². The first-order valence-electron chi connectivity index (χ1n) is 8.69. The number of rotatable bonds is 5. The van der Waals surface area contributed by atoms with Gasteiger partial charge in [0.05, 0.1) is 11.1 Å². The molecule has 0 saturated heterocycles. The van der Waals surface area contributed by atoms with Crippen LogP contribution in [-0.2, 0) is 12.3 Å². The predicted molar refractivity (Wildman–Crippen MR) is 116 cm³/mol. The van der Waals surface area contributed by atoms with Gasteiger partial charge in [0.15, 0.2) is 5.16 Å². The highest BCUT2D eigenvalue weighted by atomic mass is 79.9. The number of halogens is 1. The first-order chi connectivity index (χ1) is 13.5. The number of hydrogen-bond donors (Lipinski definition) is 0. The van der Waals surface area contributed by atoms with Gasteiger partial charge in [-0.25, -0.2) is 4.98 Å². The van der Waals surface area contributed by atoms with Crippen LogP contribution in [0.1, 0.15) is 23.3 Å². The summed E-state index contributed by atoms with van der Waals surface area (Å²) in [6.07, 6.45) is 0. The number of aryl methyl sites for hydroxylation is 2. The SMILES string of the molecule is CCn1c(SCc2nc(-c3cccc(Br)c3)no2)nc2sc(C)c(C)c2c1=O. The molecule has 0 spiro atoms. The highest BCUT2D eigenvalue weighted by Gasteiger charge is 2.17. The van der Waals surface area contributed by atoms with E-state index in [4.69, 9.17) is 9.51 Å². The Labute approximate surface area is 178 Å². The lowest BCUT2D eigenvalue weighted by molar-refractivity contribution is 0.391. The number of hydrogen-bond acceptors (Lipinski definition) is 7. The summed E-state index contributed by atoms with van der Waals surface area (Å²) in [5.74, 6) is 1.48. The van der Waals surface area contributed by atoms with Gasteiger partial charge >= 0.3 is 0 Å². The molecule has 0 aliphatic heterocycles. The summed E-state index contributed by atoms with van der Waals surface area (Å²) in [6.45, 7) is 6.51. The van der Waals surface area contributed by atoms with E-state index >= 15 is 0 Å². The van der Waals surface area contributed by atoms with Gasteiger partial charge in [0.25, 0.3) is 5.56 Å². The zero-order valence-corrected chi connectivity index (χ0v) is 18.7. The summed E-state index contributed by atoms with van der Waals surface area (Å²) in [6, 6.07) is 7.74. The van der Waals surface area contributed by atoms with E-state index in [2.05, 4.69) is 26.1 Å². The maximum Gasteiger partial charge on any atom is 0.263 e. The quantitative estimate of drug-likeness (QED) is 0.291. The van der Waals surface area contributed by atoms with E-state index in [0.717, 1.165) is 30.7 Å². The average molecular weight is 477 g/mol. The number of benzene rings is 1. The van der Waals surface area contributed by atoms with Gasteiger partial charge in [-0.1, -0.05) is 45.0 Å². The van der Waals surface area contributed by atoms with E-state index in [9.17, 15) is 4.79 Å². The molecule has 0 aliphatic carbocycles. The second-order valence-corrected chi connectivity index (χ2v) is 9.28. The van der Waals surface area contributed by atoms with Gasteiger partial charge in [0.1, 0.15) is 4.83 Å². The van der Waals surface area contributed by atoms with Crippen LogP contribution in [0.5, 0.6) is 0 Å². The molecular weight excluding hydrogens is 460 g/mol. The molecular formula is C19H17BrN4O2S2. The number of thiophene rings is 1. The molecule has 0 radical (unpaired) electrons. The number of aromatic nitrogens is 4. The third-order valence-electron chi connectivity index (χ3n) is 4.45. The standard InChI is InChI=1S/C19H17BrN4O2S2/c1-4-24-18(25)15-10(2)11(3)28-17(15)22-19(24)27-9-14-21-16(23-26-14)12-6-5-7-13(20)8-12/h5-8H,4,9H2,1-3H3. The van der Waals surface area contributed by atoms with Crippen LogP contribution in [0.15, 0.2) is 43.2 Å². The Hall–Kier alpha value is -1.97. The third kappa shape index (κ3) is 3.54. The topological polar surface area (TPSA) is 73.8 Å². The monoisotopic (exact) mass is 476 g/mol. The van der Waals surface area contributed by atoms with Crippen LogP contribution < -0.4 is 5.56 Å². The number of fused-ring (bicyclic) bond motifs is 1. The molecule has 144 valence electrons. The molecule has 0 saturated carbocycles. The van der Waals surface area contributed by atoms with E-state index in [1.807, 2.05) is 45.0 Å². The fraction of sp³-hybridized carbons (Fsp3) is 0.263. The van der Waals surface area contributed by atoms with Crippen LogP contribution in [0.3, 0.4) is 0 Å². The Bertz CT molecular complexity index is 1230. The molecule has 3 heterocycles. The van der Waals surface area contributed by atoms with Crippen LogP contribution >= 0.6 is 39.0 Å². The van der Waals surface area contributed by atoms with Crippen molar-refractivity contribution in [2.24, 2.45) is 0 Å². The summed E-state index contributed by atoms with van der Waals surface area (Å²) in [5.41, 5.74) is 1.91. The van der Waals surface area contributed by atoms with Gasteiger partial charge in [0, 0.05) is 21.5 Å². The Morgan fingerprint density at radius 1 is 1.29 bits per heavy atom. The molecule has 0 bridgehead atoms. The van der Waals surface area contributed by atoms with E-state index in [1.54, 1.807) is 15.9 Å². The van der Waals surface area contributed by atoms with E-state index in [-0.39, 0.29) is 5.56 Å². The average Bonchev–Trinajstić information content (AvgIpc) is 3.25. The van der Waals surface area contributed by atoms with E-state index in [1.165, 1.54) is 11.8 Å². The normalized spacial score (nSPS) is 11.4. The molecule has 4 aromatic rings. The van der Waals surface area contributed by atoms with Crippen LogP contribution in [-0.4, -0.2) is 19.7 Å². The zero-order chi connectivity index (χ0) is 19.8. The fourth-order valence-corrected chi connectivity index (χ4v) is 5.25. The Morgan fingerprint density at radius 3 is 2.86 bits per heavy atom. The third-order valence-corrected chi connectivity index (χ3v) is 7.00. The second kappa shape index (κ2) is 7.81. The van der Waals surface area contributed by atoms with Crippen molar-refractivity contribution in [2.45, 2.75) is 38.2 Å². The highest BCUT2D eigenvalue weighted by molar-refractivity contribution is 9.10. The first kappa shape index (κ1) is 19.4. The molecule has 0 amide bonds. The number of nitrogens with zero attached hydrogens (tertiary/aromatic N) is 4. The molecule has 4 rings (SSSR count). The Kier molecular flexibility index (Phi) is 5.39. The molecule has 6 nitrogen and oxygen atoms in total. The van der Waals surface area contributed by atoms with Crippen molar-refractivity contribution in [3.05, 3.63) is 55.4 Å². The molecule has 1 aromatic carbocycles. The number of thioether (sulfide) groups is 1. The van der Waals surface area contributed by atoms with E-state index in [0.29, 0.717) is 29.2 Å². The fourth-order valence-electron chi connectivity index (χ4n) is 2.88. The van der Waals surface area contributed by atoms with Gasteiger partial charge in [-0.3, -0.25) is 9.36 Å². The first-order valence-corrected chi connectivity index (χ1v) is 11.3. The molecule has 0 N–H and O–H groups in total. The molecule has 0 atom stereocenters. The molecule has 3 aromatic heterocycles. The smallest absolute Gasteiger partial charge is 0.263 e. The van der Waals surface area contributed by atoms with Crippen LogP contribution in [0.2, 0.25) is 0 Å². The van der Waals surface area contributed by atoms with Crippen molar-refractivity contribution in [3.8, 4) is 11.4 Å². The summed E-state index contributed by atoms with van der Waals surface area (Å²) in [5, 5.41) is 5.45. The summed E-state index contributed by atoms with van der Waals surface area (Å²) < 4.78 is 8.05. The summed E-state index contributed by atoms with van der Waals surface area (Å²) >= 11 is 6.44. The molecule has 0 fully saturated rings. The maximum absolute atomic E-state index is 12.9. The molecule has 0 unspecified atom stereocenters. The summed E-state index contributed by atoms with van der Waals surface area (Å²) in [4.78, 5) is 24.0. The lowest BCUT2D eigenvalue weighted by atomic mass is 10.2. The minimum Gasteiger partial charge on any atom is -0.338 e. The van der Waals surface area contributed by atoms with Gasteiger partial charge in [-0.2, -0.15) is 4.98 Å². The van der Waals surface area contributed by atoms with Gasteiger partial charge < -0.3 is 4.52 Å². The largest absolute Gasteiger partial charge is 0.338 e. The van der Waals surface area contributed by atoms with Crippen molar-refractivity contribution < 1.29 is 4.52 Å². The lowest BCUT2D eigenvalue weighted by Gasteiger charge is -2.08. The van der Waals surface area contributed by atoms with Crippen LogP contribution in [0.25, 0.3) is 21.6 Å². The van der Waals surface area contributed by atoms with Crippen molar-refractivity contribution in [1.29, 1.82) is 0 Å². The lowest BCUT2D eigenvalue weighted by Crippen LogP contribution is -2.22. The maximum atomic E-state index is 12.9. The van der Waals surface area contributed by atoms with Crippen molar-refractivity contribution >= 4 is 49.2 Å². The molecule has 9 heteroatoms. The predicted octanol–water partition coefficient (Wildman–Crippen LogP) is 5.20. The highest BCUT2D eigenvalue weighted by Crippen LogP contribution is 2.29. The minimum absolute atomic E-state index is 0.0113. The minimum atomic E-state index is 0.0113. The second-order valence-electron chi connectivity index (χ2n) is 6.22.